The minimum absolute atomic E-state index is 0. The minimum Gasteiger partial charge on any atom is -0.381 e. The molecule has 0 saturated carbocycles. The largest absolute Gasteiger partial charge is 0.381 e. The number of aryl methyl sites for hydroxylation is 1. The summed E-state index contributed by atoms with van der Waals surface area (Å²) in [5.41, 5.74) is 8.46. The number of anilines is 1. The van der Waals surface area contributed by atoms with Gasteiger partial charge in [-0.25, -0.2) is 0 Å². The lowest BCUT2D eigenvalue weighted by molar-refractivity contribution is -0.0138. The van der Waals surface area contributed by atoms with Gasteiger partial charge in [-0.05, 0) is 57.8 Å². The quantitative estimate of drug-likeness (QED) is 0.426. The van der Waals surface area contributed by atoms with Crippen molar-refractivity contribution in [2.75, 3.05) is 38.2 Å². The normalized spacial score (nSPS) is 21.3. The zero-order valence-corrected chi connectivity index (χ0v) is 16.8. The Kier molecular flexibility index (Phi) is 7.31. The Morgan fingerprint density at radius 1 is 1.21 bits per heavy atom. The topological polar surface area (TPSA) is 62.9 Å². The average molecular weight is 444 g/mol. The maximum absolute atomic E-state index is 6.11. The van der Waals surface area contributed by atoms with Crippen LogP contribution in [0.5, 0.6) is 0 Å². The lowest BCUT2D eigenvalue weighted by Gasteiger charge is -2.43. The molecule has 24 heavy (non-hydrogen) atoms. The third-order valence-electron chi connectivity index (χ3n) is 5.07. The van der Waals surface area contributed by atoms with E-state index in [1.807, 2.05) is 12.1 Å². The second-order valence-electron chi connectivity index (χ2n) is 6.72. The van der Waals surface area contributed by atoms with Crippen LogP contribution in [0.3, 0.4) is 0 Å². The van der Waals surface area contributed by atoms with Gasteiger partial charge in [0.15, 0.2) is 5.96 Å². The lowest BCUT2D eigenvalue weighted by Crippen LogP contribution is -2.53. The summed E-state index contributed by atoms with van der Waals surface area (Å²) in [6, 6.07) is 8.20. The van der Waals surface area contributed by atoms with E-state index in [4.69, 9.17) is 10.5 Å². The van der Waals surface area contributed by atoms with Crippen LogP contribution in [0.1, 0.15) is 31.2 Å². The van der Waals surface area contributed by atoms with E-state index in [0.29, 0.717) is 5.96 Å². The van der Waals surface area contributed by atoms with E-state index in [-0.39, 0.29) is 29.5 Å². The molecule has 2 aliphatic rings. The number of nitrogens with one attached hydrogen (secondary N) is 1. The van der Waals surface area contributed by atoms with Gasteiger partial charge < -0.3 is 15.8 Å². The predicted molar refractivity (Wildman–Crippen MR) is 110 cm³/mol. The highest BCUT2D eigenvalue weighted by Crippen LogP contribution is 2.31. The fraction of sp³-hybridized carbons (Fsp3) is 0.611. The molecule has 3 N–H and O–H groups in total. The van der Waals surface area contributed by atoms with E-state index in [2.05, 4.69) is 34.3 Å². The molecule has 0 bridgehead atoms. The first-order chi connectivity index (χ1) is 11.2. The molecule has 6 heteroatoms. The van der Waals surface area contributed by atoms with Crippen LogP contribution >= 0.6 is 24.0 Å². The summed E-state index contributed by atoms with van der Waals surface area (Å²) in [5, 5.41) is 3.19. The SMILES string of the molecule is Cc1ccc(NC(N)=NCC2(N3CCCC3)CCOCC2)cc1.I. The van der Waals surface area contributed by atoms with Crippen LogP contribution in [-0.2, 0) is 4.74 Å². The van der Waals surface area contributed by atoms with E-state index >= 15 is 0 Å². The van der Waals surface area contributed by atoms with Crippen molar-refractivity contribution in [2.24, 2.45) is 10.7 Å². The zero-order valence-electron chi connectivity index (χ0n) is 14.5. The predicted octanol–water partition coefficient (Wildman–Crippen LogP) is 2.98. The number of likely N-dealkylation sites (tertiary alicyclic amines) is 1. The molecule has 3 rings (SSSR count). The number of aliphatic imine (C=N–C) groups is 1. The van der Waals surface area contributed by atoms with Gasteiger partial charge in [-0.2, -0.15) is 0 Å². The number of guanidine groups is 1. The van der Waals surface area contributed by atoms with Gasteiger partial charge in [0.2, 0.25) is 0 Å². The Morgan fingerprint density at radius 2 is 1.83 bits per heavy atom. The summed E-state index contributed by atoms with van der Waals surface area (Å²) >= 11 is 0. The molecule has 2 aliphatic heterocycles. The molecule has 0 aliphatic carbocycles. The Labute approximate surface area is 162 Å². The van der Waals surface area contributed by atoms with Gasteiger partial charge in [-0.3, -0.25) is 9.89 Å². The van der Waals surface area contributed by atoms with Crippen LogP contribution in [-0.4, -0.2) is 49.2 Å². The van der Waals surface area contributed by atoms with Gasteiger partial charge in [0.1, 0.15) is 0 Å². The average Bonchev–Trinajstić information content (AvgIpc) is 3.11. The van der Waals surface area contributed by atoms with Crippen LogP contribution in [0.4, 0.5) is 5.69 Å². The van der Waals surface area contributed by atoms with Crippen molar-refractivity contribution in [3.8, 4) is 0 Å². The van der Waals surface area contributed by atoms with Gasteiger partial charge >= 0.3 is 0 Å². The molecule has 1 aromatic rings. The summed E-state index contributed by atoms with van der Waals surface area (Å²) in [6.07, 6.45) is 4.69. The molecule has 0 spiro atoms. The second kappa shape index (κ2) is 9.01. The number of nitrogens with two attached hydrogens (primary N) is 1. The van der Waals surface area contributed by atoms with Crippen molar-refractivity contribution in [1.29, 1.82) is 0 Å². The van der Waals surface area contributed by atoms with Crippen LogP contribution in [0, 0.1) is 6.92 Å². The van der Waals surface area contributed by atoms with Crippen molar-refractivity contribution in [1.82, 2.24) is 4.90 Å². The first-order valence-corrected chi connectivity index (χ1v) is 8.64. The Hall–Kier alpha value is -0.860. The number of hydrogen-bond acceptors (Lipinski definition) is 3. The van der Waals surface area contributed by atoms with Crippen LogP contribution in [0.15, 0.2) is 29.3 Å². The van der Waals surface area contributed by atoms with Crippen molar-refractivity contribution < 1.29 is 4.74 Å². The van der Waals surface area contributed by atoms with Gasteiger partial charge in [0.05, 0.1) is 6.54 Å². The maximum Gasteiger partial charge on any atom is 0.193 e. The molecule has 2 heterocycles. The molecule has 0 atom stereocenters. The van der Waals surface area contributed by atoms with E-state index in [0.717, 1.165) is 38.3 Å². The fourth-order valence-electron chi connectivity index (χ4n) is 3.57. The molecule has 0 radical (unpaired) electrons. The number of benzene rings is 1. The molecule has 1 aromatic carbocycles. The summed E-state index contributed by atoms with van der Waals surface area (Å²) in [4.78, 5) is 7.28. The molecular weight excluding hydrogens is 415 g/mol. The maximum atomic E-state index is 6.11. The number of nitrogens with zero attached hydrogens (tertiary/aromatic N) is 2. The van der Waals surface area contributed by atoms with Crippen molar-refractivity contribution in [3.05, 3.63) is 29.8 Å². The van der Waals surface area contributed by atoms with E-state index in [1.54, 1.807) is 0 Å². The van der Waals surface area contributed by atoms with E-state index in [9.17, 15) is 0 Å². The number of halogens is 1. The van der Waals surface area contributed by atoms with Crippen LogP contribution in [0.2, 0.25) is 0 Å². The summed E-state index contributed by atoms with van der Waals surface area (Å²) < 4.78 is 5.58. The summed E-state index contributed by atoms with van der Waals surface area (Å²) in [7, 11) is 0. The standard InChI is InChI=1S/C18H28N4O.HI/c1-15-4-6-16(7-5-15)21-17(19)20-14-18(8-12-23-13-9-18)22-10-2-3-11-22;/h4-7H,2-3,8-14H2,1H3,(H3,19,20,21);1H. The molecule has 0 amide bonds. The number of hydrogen-bond donors (Lipinski definition) is 2. The summed E-state index contributed by atoms with van der Waals surface area (Å²) in [6.45, 7) is 6.85. The Morgan fingerprint density at radius 3 is 2.46 bits per heavy atom. The highest BCUT2D eigenvalue weighted by molar-refractivity contribution is 14.0. The molecule has 0 unspecified atom stereocenters. The second-order valence-corrected chi connectivity index (χ2v) is 6.72. The Balaban J connectivity index is 0.00000208. The molecule has 2 saturated heterocycles. The molecule has 0 aromatic heterocycles. The minimum atomic E-state index is 0. The lowest BCUT2D eigenvalue weighted by atomic mass is 9.88. The highest BCUT2D eigenvalue weighted by atomic mass is 127. The first kappa shape index (κ1) is 19.5. The van der Waals surface area contributed by atoms with Gasteiger partial charge in [-0.15, -0.1) is 24.0 Å². The zero-order chi connectivity index (χ0) is 16.1. The van der Waals surface area contributed by atoms with Gasteiger partial charge in [0.25, 0.3) is 0 Å². The Bertz CT molecular complexity index is 534. The molecule has 134 valence electrons. The van der Waals surface area contributed by atoms with Crippen LogP contribution < -0.4 is 11.1 Å². The van der Waals surface area contributed by atoms with E-state index < -0.39 is 0 Å². The summed E-state index contributed by atoms with van der Waals surface area (Å²) in [5.74, 6) is 0.499. The smallest absolute Gasteiger partial charge is 0.193 e. The molecular formula is C18H29IN4O. The van der Waals surface area contributed by atoms with Crippen molar-refractivity contribution in [3.63, 3.8) is 0 Å². The van der Waals surface area contributed by atoms with Crippen molar-refractivity contribution >= 4 is 35.6 Å². The third kappa shape index (κ3) is 4.83. The third-order valence-corrected chi connectivity index (χ3v) is 5.07. The fourth-order valence-corrected chi connectivity index (χ4v) is 3.57. The monoisotopic (exact) mass is 444 g/mol. The highest BCUT2D eigenvalue weighted by Gasteiger charge is 2.39. The van der Waals surface area contributed by atoms with Crippen LogP contribution in [0.25, 0.3) is 0 Å². The van der Waals surface area contributed by atoms with Gasteiger partial charge in [-0.1, -0.05) is 17.7 Å². The molecule has 2 fully saturated rings. The van der Waals surface area contributed by atoms with Gasteiger partial charge in [0, 0.05) is 24.4 Å². The first-order valence-electron chi connectivity index (χ1n) is 8.64. The van der Waals surface area contributed by atoms with E-state index in [1.165, 1.54) is 31.5 Å². The van der Waals surface area contributed by atoms with Crippen molar-refractivity contribution in [2.45, 2.75) is 38.1 Å². The number of ether oxygens (including phenoxy) is 1. The molecule has 5 nitrogen and oxygen atoms in total. The number of rotatable bonds is 4.